The third-order valence-corrected chi connectivity index (χ3v) is 9.43. The van der Waals surface area contributed by atoms with Gasteiger partial charge in [0.1, 0.15) is 0 Å². The van der Waals surface area contributed by atoms with Gasteiger partial charge in [0.2, 0.25) is 0 Å². The fourth-order valence-corrected chi connectivity index (χ4v) is 7.23. The second kappa shape index (κ2) is 12.5. The molecule has 0 aromatic heterocycles. The molecule has 0 heteroatoms. The van der Waals surface area contributed by atoms with Crippen LogP contribution in [-0.4, -0.2) is 0 Å². The molecule has 0 saturated carbocycles. The van der Waals surface area contributed by atoms with Gasteiger partial charge in [0.15, 0.2) is 0 Å². The lowest BCUT2D eigenvalue weighted by atomic mass is 9.84. The molecular weight excluding hydrogens is 577 g/mol. The van der Waals surface area contributed by atoms with Crippen molar-refractivity contribution in [3.8, 4) is 44.5 Å². The van der Waals surface area contributed by atoms with Gasteiger partial charge in [0.05, 0.1) is 0 Å². The van der Waals surface area contributed by atoms with Crippen molar-refractivity contribution < 1.29 is 0 Å². The smallest absolute Gasteiger partial charge is 0.00261 e. The predicted molar refractivity (Wildman–Crippen MR) is 209 cm³/mol. The van der Waals surface area contributed by atoms with E-state index in [0.717, 1.165) is 11.1 Å². The minimum absolute atomic E-state index is 1.06. The number of allylic oxidation sites excluding steroid dienone is 4. The maximum Gasteiger partial charge on any atom is -0.00261 e. The van der Waals surface area contributed by atoms with Gasteiger partial charge in [-0.15, -0.1) is 0 Å². The monoisotopic (exact) mass is 610 g/mol. The number of benzene rings is 8. The van der Waals surface area contributed by atoms with Crippen LogP contribution >= 0.6 is 0 Å². The molecule has 0 nitrogen and oxygen atoms in total. The Morgan fingerprint density at radius 1 is 0.375 bits per heavy atom. The number of rotatable bonds is 7. The molecule has 0 saturated heterocycles. The van der Waals surface area contributed by atoms with Crippen LogP contribution in [0.1, 0.15) is 5.56 Å². The predicted octanol–water partition coefficient (Wildman–Crippen LogP) is 13.6. The molecule has 0 unspecified atom stereocenters. The molecule has 226 valence electrons. The van der Waals surface area contributed by atoms with Gasteiger partial charge in [-0.3, -0.25) is 0 Å². The van der Waals surface area contributed by atoms with Crippen molar-refractivity contribution in [2.45, 2.75) is 0 Å². The zero-order valence-corrected chi connectivity index (χ0v) is 26.7. The molecule has 8 aromatic carbocycles. The summed E-state index contributed by atoms with van der Waals surface area (Å²) in [4.78, 5) is 0. The second-order valence-electron chi connectivity index (χ2n) is 12.1. The fraction of sp³-hybridized carbons (Fsp3) is 0. The summed E-state index contributed by atoms with van der Waals surface area (Å²) in [6, 6.07) is 59.6. The first-order valence-corrected chi connectivity index (χ1v) is 16.4. The van der Waals surface area contributed by atoms with E-state index in [9.17, 15) is 0 Å². The molecule has 8 rings (SSSR count). The fourth-order valence-electron chi connectivity index (χ4n) is 7.23. The molecule has 48 heavy (non-hydrogen) atoms. The third kappa shape index (κ3) is 5.05. The maximum absolute atomic E-state index is 4.00. The van der Waals surface area contributed by atoms with E-state index in [1.165, 1.54) is 76.8 Å². The van der Waals surface area contributed by atoms with Crippen molar-refractivity contribution >= 4 is 37.9 Å². The summed E-state index contributed by atoms with van der Waals surface area (Å²) in [5.74, 6) is 0. The Bertz CT molecular complexity index is 2440. The van der Waals surface area contributed by atoms with Gasteiger partial charge in [0, 0.05) is 0 Å². The molecule has 0 heterocycles. The molecule has 0 aliphatic carbocycles. The highest BCUT2D eigenvalue weighted by Gasteiger charge is 2.18. The molecular formula is C48H34. The highest BCUT2D eigenvalue weighted by atomic mass is 14.2. The van der Waals surface area contributed by atoms with Crippen molar-refractivity contribution in [3.63, 3.8) is 0 Å². The van der Waals surface area contributed by atoms with Crippen LogP contribution in [0.5, 0.6) is 0 Å². The minimum atomic E-state index is 1.06. The Kier molecular flexibility index (Phi) is 7.61. The highest BCUT2D eigenvalue weighted by molar-refractivity contribution is 6.22. The van der Waals surface area contributed by atoms with Crippen molar-refractivity contribution in [1.82, 2.24) is 0 Å². The van der Waals surface area contributed by atoms with Crippen LogP contribution in [0.3, 0.4) is 0 Å². The zero-order chi connectivity index (χ0) is 32.5. The lowest BCUT2D eigenvalue weighted by Crippen LogP contribution is -1.92. The summed E-state index contributed by atoms with van der Waals surface area (Å²) in [6.07, 6.45) is 5.68. The molecule has 0 fully saturated rings. The average molecular weight is 611 g/mol. The first-order valence-electron chi connectivity index (χ1n) is 16.4. The van der Waals surface area contributed by atoms with Gasteiger partial charge >= 0.3 is 0 Å². The lowest BCUT2D eigenvalue weighted by Gasteiger charge is -2.19. The molecule has 0 amide bonds. The van der Waals surface area contributed by atoms with Crippen LogP contribution in [-0.2, 0) is 0 Å². The first-order chi connectivity index (χ1) is 23.7. The van der Waals surface area contributed by atoms with E-state index >= 15 is 0 Å². The Labute approximate surface area is 282 Å². The second-order valence-corrected chi connectivity index (χ2v) is 12.1. The van der Waals surface area contributed by atoms with Gasteiger partial charge < -0.3 is 0 Å². The third-order valence-electron chi connectivity index (χ3n) is 9.43. The van der Waals surface area contributed by atoms with Crippen molar-refractivity contribution in [2.75, 3.05) is 0 Å². The topological polar surface area (TPSA) is 0 Å². The standard InChI is InChI=1S/C48H34/c1-3-15-33(4-2)34-24-26-36(27-25-34)40-31-30-39(35-16-7-5-8-17-35)41-29-28-38(32-46(40)41)48-44-22-13-11-20-42(44)47(37-18-9-6-10-19-37)43-21-12-14-23-45(43)48/h3-32H,1-2H2/b33-15+. The zero-order valence-electron chi connectivity index (χ0n) is 26.7. The molecule has 0 spiro atoms. The summed E-state index contributed by atoms with van der Waals surface area (Å²) in [7, 11) is 0. The van der Waals surface area contributed by atoms with Gasteiger partial charge in [-0.05, 0) is 94.0 Å². The molecule has 0 aliphatic rings. The van der Waals surface area contributed by atoms with Crippen molar-refractivity contribution in [2.24, 2.45) is 0 Å². The van der Waals surface area contributed by atoms with E-state index in [1.807, 2.05) is 18.2 Å². The largest absolute Gasteiger partial charge is 0.0990 e. The van der Waals surface area contributed by atoms with Gasteiger partial charge in [-0.2, -0.15) is 0 Å². The van der Waals surface area contributed by atoms with Crippen molar-refractivity contribution in [3.05, 3.63) is 201 Å². The van der Waals surface area contributed by atoms with E-state index in [1.54, 1.807) is 0 Å². The Morgan fingerprint density at radius 2 is 0.833 bits per heavy atom. The SMILES string of the molecule is C=C/C=C(\C=C)c1ccc(-c2ccc(-c3ccccc3)c3ccc(-c4c5ccccc5c(-c5ccccc5)c5ccccc45)cc23)cc1. The van der Waals surface area contributed by atoms with Gasteiger partial charge in [-0.25, -0.2) is 0 Å². The quantitative estimate of drug-likeness (QED) is 0.124. The molecule has 0 radical (unpaired) electrons. The first kappa shape index (κ1) is 29.2. The molecule has 0 aliphatic heterocycles. The molecule has 8 aromatic rings. The number of hydrogen-bond acceptors (Lipinski definition) is 0. The Hall–Kier alpha value is -6.24. The lowest BCUT2D eigenvalue weighted by molar-refractivity contribution is 1.59. The molecule has 0 bridgehead atoms. The molecule has 0 atom stereocenters. The van der Waals surface area contributed by atoms with Crippen LogP contribution in [0.15, 0.2) is 195 Å². The number of hydrogen-bond donors (Lipinski definition) is 0. The normalized spacial score (nSPS) is 11.6. The minimum Gasteiger partial charge on any atom is -0.0990 e. The Morgan fingerprint density at radius 3 is 1.38 bits per heavy atom. The maximum atomic E-state index is 4.00. The number of fused-ring (bicyclic) bond motifs is 3. The molecule has 0 N–H and O–H groups in total. The van der Waals surface area contributed by atoms with Crippen molar-refractivity contribution in [1.29, 1.82) is 0 Å². The Balaban J connectivity index is 1.41. The van der Waals surface area contributed by atoms with Crippen LogP contribution in [0.2, 0.25) is 0 Å². The van der Waals surface area contributed by atoms with E-state index < -0.39 is 0 Å². The average Bonchev–Trinajstić information content (AvgIpc) is 3.16. The summed E-state index contributed by atoms with van der Waals surface area (Å²) >= 11 is 0. The summed E-state index contributed by atoms with van der Waals surface area (Å²) in [5.41, 5.74) is 12.0. The van der Waals surface area contributed by atoms with Crippen LogP contribution in [0.25, 0.3) is 82.4 Å². The summed E-state index contributed by atoms with van der Waals surface area (Å²) in [6.45, 7) is 7.88. The van der Waals surface area contributed by atoms with Crippen LogP contribution in [0, 0.1) is 0 Å². The highest BCUT2D eigenvalue weighted by Crippen LogP contribution is 2.45. The van der Waals surface area contributed by atoms with E-state index in [2.05, 4.69) is 177 Å². The van der Waals surface area contributed by atoms with Crippen LogP contribution < -0.4 is 0 Å². The van der Waals surface area contributed by atoms with E-state index in [-0.39, 0.29) is 0 Å². The van der Waals surface area contributed by atoms with Gasteiger partial charge in [-0.1, -0.05) is 189 Å². The van der Waals surface area contributed by atoms with E-state index in [0.29, 0.717) is 0 Å². The van der Waals surface area contributed by atoms with Crippen LogP contribution in [0.4, 0.5) is 0 Å². The van der Waals surface area contributed by atoms with E-state index in [4.69, 9.17) is 0 Å². The summed E-state index contributed by atoms with van der Waals surface area (Å²) in [5, 5.41) is 7.50. The van der Waals surface area contributed by atoms with Gasteiger partial charge in [0.25, 0.3) is 0 Å². The summed E-state index contributed by atoms with van der Waals surface area (Å²) < 4.78 is 0.